The summed E-state index contributed by atoms with van der Waals surface area (Å²) in [6.45, 7) is -0.182. The third-order valence-corrected chi connectivity index (χ3v) is 1.58. The van der Waals surface area contributed by atoms with Crippen LogP contribution in [-0.4, -0.2) is 20.9 Å². The summed E-state index contributed by atoms with van der Waals surface area (Å²) >= 11 is 4.65. The van der Waals surface area contributed by atoms with Gasteiger partial charge in [0.25, 0.3) is 0 Å². The summed E-state index contributed by atoms with van der Waals surface area (Å²) < 4.78 is 36.6. The normalized spacial score (nSPS) is 11.9. The molecule has 0 bridgehead atoms. The number of aromatic nitrogens is 3. The van der Waals surface area contributed by atoms with Crippen molar-refractivity contribution in [1.29, 1.82) is 0 Å². The van der Waals surface area contributed by atoms with Crippen molar-refractivity contribution >= 4 is 12.2 Å². The van der Waals surface area contributed by atoms with Gasteiger partial charge in [0.1, 0.15) is 6.33 Å². The highest BCUT2D eigenvalue weighted by molar-refractivity contribution is 7.71. The van der Waals surface area contributed by atoms with Gasteiger partial charge in [-0.2, -0.15) is 18.3 Å². The molecule has 0 saturated heterocycles. The lowest BCUT2D eigenvalue weighted by atomic mass is 10.4. The Labute approximate surface area is 71.2 Å². The van der Waals surface area contributed by atoms with Crippen molar-refractivity contribution in [2.75, 3.05) is 0 Å². The summed E-state index contributed by atoms with van der Waals surface area (Å²) in [5, 5.41) is 5.85. The summed E-state index contributed by atoms with van der Waals surface area (Å²) in [5.41, 5.74) is 0. The molecular formula is C5H6F3N3S. The summed E-state index contributed by atoms with van der Waals surface area (Å²) in [5.74, 6) is 0. The summed E-state index contributed by atoms with van der Waals surface area (Å²) in [6, 6.07) is 0. The molecule has 0 radical (unpaired) electrons. The van der Waals surface area contributed by atoms with Crippen LogP contribution < -0.4 is 0 Å². The van der Waals surface area contributed by atoms with E-state index >= 15 is 0 Å². The maximum absolute atomic E-state index is 11.7. The van der Waals surface area contributed by atoms with E-state index in [1.54, 1.807) is 0 Å². The SMILES string of the molecule is FC(F)(F)CCn1cn[nH]c1=S. The first-order valence-corrected chi connectivity index (χ1v) is 3.56. The van der Waals surface area contributed by atoms with E-state index in [9.17, 15) is 13.2 Å². The molecule has 0 saturated carbocycles. The Bertz CT molecular complexity index is 299. The smallest absolute Gasteiger partial charge is 0.306 e. The van der Waals surface area contributed by atoms with Gasteiger partial charge < -0.3 is 4.57 Å². The van der Waals surface area contributed by atoms with Gasteiger partial charge in [-0.3, -0.25) is 5.10 Å². The molecule has 0 aliphatic rings. The molecule has 1 aromatic rings. The molecule has 0 spiro atoms. The van der Waals surface area contributed by atoms with E-state index in [-0.39, 0.29) is 11.3 Å². The summed E-state index contributed by atoms with van der Waals surface area (Å²) in [6.07, 6.45) is -3.79. The molecule has 1 N–H and O–H groups in total. The first kappa shape index (κ1) is 9.24. The molecule has 0 fully saturated rings. The third kappa shape index (κ3) is 2.65. The number of rotatable bonds is 2. The van der Waals surface area contributed by atoms with Crippen molar-refractivity contribution < 1.29 is 13.2 Å². The number of hydrogen-bond acceptors (Lipinski definition) is 2. The minimum Gasteiger partial charge on any atom is -0.306 e. The van der Waals surface area contributed by atoms with Crippen LogP contribution >= 0.6 is 12.2 Å². The van der Waals surface area contributed by atoms with Crippen LogP contribution in [0.5, 0.6) is 0 Å². The predicted molar refractivity (Wildman–Crippen MR) is 38.1 cm³/mol. The lowest BCUT2D eigenvalue weighted by Crippen LogP contribution is -2.11. The van der Waals surface area contributed by atoms with Crippen molar-refractivity contribution in [2.24, 2.45) is 0 Å². The quantitative estimate of drug-likeness (QED) is 0.734. The second kappa shape index (κ2) is 3.26. The molecule has 0 aliphatic heterocycles. The summed E-state index contributed by atoms with van der Waals surface area (Å²) in [7, 11) is 0. The molecule has 12 heavy (non-hydrogen) atoms. The number of nitrogens with one attached hydrogen (secondary N) is 1. The molecule has 0 aliphatic carbocycles. The van der Waals surface area contributed by atoms with Crippen LogP contribution in [0.4, 0.5) is 13.2 Å². The van der Waals surface area contributed by atoms with Crippen LogP contribution in [0.3, 0.4) is 0 Å². The first-order chi connectivity index (χ1) is 5.49. The molecule has 1 rings (SSSR count). The lowest BCUT2D eigenvalue weighted by molar-refractivity contribution is -0.136. The van der Waals surface area contributed by atoms with Crippen LogP contribution in [0.15, 0.2) is 6.33 Å². The molecule has 7 heteroatoms. The Balaban J connectivity index is 2.55. The number of halogens is 3. The van der Waals surface area contributed by atoms with Crippen LogP contribution in [0.2, 0.25) is 0 Å². The minimum absolute atomic E-state index is 0.182. The van der Waals surface area contributed by atoms with Crippen LogP contribution in [-0.2, 0) is 6.54 Å². The van der Waals surface area contributed by atoms with E-state index in [0.717, 1.165) is 0 Å². The van der Waals surface area contributed by atoms with Gasteiger partial charge in [0.05, 0.1) is 6.42 Å². The zero-order valence-electron chi connectivity index (χ0n) is 5.93. The highest BCUT2D eigenvalue weighted by atomic mass is 32.1. The van der Waals surface area contributed by atoms with E-state index in [2.05, 4.69) is 22.4 Å². The molecule has 0 unspecified atom stereocenters. The molecular weight excluding hydrogens is 191 g/mol. The zero-order chi connectivity index (χ0) is 9.19. The maximum atomic E-state index is 11.7. The van der Waals surface area contributed by atoms with Crippen molar-refractivity contribution in [3.63, 3.8) is 0 Å². The largest absolute Gasteiger partial charge is 0.390 e. The second-order valence-corrected chi connectivity index (χ2v) is 2.61. The Morgan fingerprint density at radius 1 is 1.58 bits per heavy atom. The zero-order valence-corrected chi connectivity index (χ0v) is 6.74. The number of alkyl halides is 3. The lowest BCUT2D eigenvalue weighted by Gasteiger charge is -2.05. The fourth-order valence-corrected chi connectivity index (χ4v) is 0.868. The minimum atomic E-state index is -4.15. The number of nitrogens with zero attached hydrogens (tertiary/aromatic N) is 2. The van der Waals surface area contributed by atoms with E-state index < -0.39 is 12.6 Å². The first-order valence-electron chi connectivity index (χ1n) is 3.15. The molecule has 0 atom stereocenters. The van der Waals surface area contributed by atoms with Crippen molar-refractivity contribution in [2.45, 2.75) is 19.1 Å². The second-order valence-electron chi connectivity index (χ2n) is 2.22. The van der Waals surface area contributed by atoms with Crippen LogP contribution in [0.25, 0.3) is 0 Å². The van der Waals surface area contributed by atoms with Gasteiger partial charge in [-0.15, -0.1) is 0 Å². The third-order valence-electron chi connectivity index (χ3n) is 1.25. The highest BCUT2D eigenvalue weighted by Crippen LogP contribution is 2.19. The van der Waals surface area contributed by atoms with E-state index in [0.29, 0.717) is 0 Å². The topological polar surface area (TPSA) is 33.6 Å². The van der Waals surface area contributed by atoms with Crippen molar-refractivity contribution in [3.05, 3.63) is 11.1 Å². The average molecular weight is 197 g/mol. The highest BCUT2D eigenvalue weighted by Gasteiger charge is 2.26. The number of aryl methyl sites for hydroxylation is 1. The molecule has 1 aromatic heterocycles. The fourth-order valence-electron chi connectivity index (χ4n) is 0.677. The van der Waals surface area contributed by atoms with Crippen LogP contribution in [0, 0.1) is 4.77 Å². The van der Waals surface area contributed by atoms with Gasteiger partial charge in [-0.1, -0.05) is 0 Å². The molecule has 1 heterocycles. The summed E-state index contributed by atoms with van der Waals surface area (Å²) in [4.78, 5) is 0. The monoisotopic (exact) mass is 197 g/mol. The van der Waals surface area contributed by atoms with Gasteiger partial charge in [-0.05, 0) is 12.2 Å². The number of hydrogen-bond donors (Lipinski definition) is 1. The molecule has 68 valence electrons. The maximum Gasteiger partial charge on any atom is 0.390 e. The van der Waals surface area contributed by atoms with Crippen molar-refractivity contribution in [3.8, 4) is 0 Å². The fraction of sp³-hybridized carbons (Fsp3) is 0.600. The number of H-pyrrole nitrogens is 1. The van der Waals surface area contributed by atoms with Gasteiger partial charge >= 0.3 is 6.18 Å². The number of aromatic amines is 1. The van der Waals surface area contributed by atoms with E-state index in [4.69, 9.17) is 0 Å². The Hall–Kier alpha value is -0.850. The Morgan fingerprint density at radius 3 is 2.67 bits per heavy atom. The Morgan fingerprint density at radius 2 is 2.25 bits per heavy atom. The average Bonchev–Trinajstić information content (AvgIpc) is 2.29. The van der Waals surface area contributed by atoms with Gasteiger partial charge in [0, 0.05) is 6.54 Å². The predicted octanol–water partition coefficient (Wildman–Crippen LogP) is 1.89. The molecule has 0 aromatic carbocycles. The molecule has 0 amide bonds. The van der Waals surface area contributed by atoms with Crippen LogP contribution in [0.1, 0.15) is 6.42 Å². The van der Waals surface area contributed by atoms with Gasteiger partial charge in [0.15, 0.2) is 4.77 Å². The van der Waals surface area contributed by atoms with Crippen molar-refractivity contribution in [1.82, 2.24) is 14.8 Å². The standard InChI is InChI=1S/C5H6F3N3S/c6-5(7,8)1-2-11-3-9-10-4(11)12/h3H,1-2H2,(H,10,12). The van der Waals surface area contributed by atoms with E-state index in [1.807, 2.05) is 0 Å². The van der Waals surface area contributed by atoms with Gasteiger partial charge in [0.2, 0.25) is 0 Å². The van der Waals surface area contributed by atoms with E-state index in [1.165, 1.54) is 10.9 Å². The Kier molecular flexibility index (Phi) is 2.51. The van der Waals surface area contributed by atoms with Gasteiger partial charge in [-0.25, -0.2) is 0 Å². The molecule has 3 nitrogen and oxygen atoms in total.